The van der Waals surface area contributed by atoms with Gasteiger partial charge in [-0.2, -0.15) is 5.10 Å². The first-order chi connectivity index (χ1) is 7.57. The van der Waals surface area contributed by atoms with Gasteiger partial charge in [-0.1, -0.05) is 17.7 Å². The molecule has 0 aliphatic heterocycles. The summed E-state index contributed by atoms with van der Waals surface area (Å²) in [5, 5.41) is 15.5. The number of rotatable bonds is 2. The predicted octanol–water partition coefficient (Wildman–Crippen LogP) is 2.29. The van der Waals surface area contributed by atoms with Crippen molar-refractivity contribution in [2.75, 3.05) is 0 Å². The first-order valence-electron chi connectivity index (χ1n) is 5.41. The minimum absolute atomic E-state index is 0.456. The lowest BCUT2D eigenvalue weighted by molar-refractivity contribution is 0.151. The summed E-state index contributed by atoms with van der Waals surface area (Å²) in [6.45, 7) is 0. The summed E-state index contributed by atoms with van der Waals surface area (Å²) < 4.78 is 1.77. The third-order valence-electron chi connectivity index (χ3n) is 3.23. The van der Waals surface area contributed by atoms with Gasteiger partial charge in [0.25, 0.3) is 0 Å². The van der Waals surface area contributed by atoms with Gasteiger partial charge in [-0.05, 0) is 30.5 Å². The number of hydrogen-bond donors (Lipinski definition) is 1. The molecule has 0 saturated heterocycles. The SMILES string of the molecule is Cn1nc(Cl)c2cc(CC3(O)CC3)ccc21. The average molecular weight is 237 g/mol. The van der Waals surface area contributed by atoms with Crippen LogP contribution in [-0.2, 0) is 13.5 Å². The third kappa shape index (κ3) is 1.60. The predicted molar refractivity (Wildman–Crippen MR) is 63.6 cm³/mol. The molecule has 0 atom stereocenters. The highest BCUT2D eigenvalue weighted by Crippen LogP contribution is 2.38. The number of nitrogens with zero attached hydrogens (tertiary/aromatic N) is 2. The zero-order valence-electron chi connectivity index (χ0n) is 9.07. The van der Waals surface area contributed by atoms with Gasteiger partial charge in [0.1, 0.15) is 0 Å². The van der Waals surface area contributed by atoms with Gasteiger partial charge in [0, 0.05) is 18.9 Å². The van der Waals surface area contributed by atoms with Crippen LogP contribution in [0.25, 0.3) is 10.9 Å². The number of fused-ring (bicyclic) bond motifs is 1. The van der Waals surface area contributed by atoms with Crippen LogP contribution in [0.4, 0.5) is 0 Å². The highest BCUT2D eigenvalue weighted by Gasteiger charge is 2.40. The second-order valence-corrected chi connectivity index (χ2v) is 5.03. The Morgan fingerprint density at radius 1 is 1.50 bits per heavy atom. The van der Waals surface area contributed by atoms with E-state index >= 15 is 0 Å². The second kappa shape index (κ2) is 3.22. The lowest BCUT2D eigenvalue weighted by Crippen LogP contribution is -2.10. The molecule has 1 aromatic heterocycles. The van der Waals surface area contributed by atoms with E-state index in [1.807, 2.05) is 25.2 Å². The zero-order valence-corrected chi connectivity index (χ0v) is 9.83. The molecule has 3 rings (SSSR count). The van der Waals surface area contributed by atoms with Crippen molar-refractivity contribution in [3.05, 3.63) is 28.9 Å². The molecule has 4 heteroatoms. The van der Waals surface area contributed by atoms with Crippen molar-refractivity contribution >= 4 is 22.5 Å². The highest BCUT2D eigenvalue weighted by atomic mass is 35.5. The van der Waals surface area contributed by atoms with Crippen molar-refractivity contribution in [1.29, 1.82) is 0 Å². The zero-order chi connectivity index (χ0) is 11.3. The van der Waals surface area contributed by atoms with Gasteiger partial charge in [0.15, 0.2) is 5.15 Å². The van der Waals surface area contributed by atoms with Crippen LogP contribution in [0.15, 0.2) is 18.2 Å². The molecule has 1 aromatic carbocycles. The summed E-state index contributed by atoms with van der Waals surface area (Å²) in [5.74, 6) is 0. The van der Waals surface area contributed by atoms with Crippen LogP contribution in [0.3, 0.4) is 0 Å². The molecule has 0 bridgehead atoms. The van der Waals surface area contributed by atoms with Crippen LogP contribution < -0.4 is 0 Å². The molecular weight excluding hydrogens is 224 g/mol. The fourth-order valence-corrected chi connectivity index (χ4v) is 2.35. The van der Waals surface area contributed by atoms with Crippen LogP contribution in [0.2, 0.25) is 5.15 Å². The standard InChI is InChI=1S/C12H13ClN2O/c1-15-10-3-2-8(7-12(16)4-5-12)6-9(10)11(13)14-15/h2-3,6,16H,4-5,7H2,1H3. The Morgan fingerprint density at radius 2 is 2.25 bits per heavy atom. The molecule has 16 heavy (non-hydrogen) atoms. The highest BCUT2D eigenvalue weighted by molar-refractivity contribution is 6.34. The quantitative estimate of drug-likeness (QED) is 0.869. The van der Waals surface area contributed by atoms with E-state index in [4.69, 9.17) is 11.6 Å². The van der Waals surface area contributed by atoms with Crippen molar-refractivity contribution in [2.24, 2.45) is 7.05 Å². The van der Waals surface area contributed by atoms with Crippen molar-refractivity contribution in [1.82, 2.24) is 9.78 Å². The molecule has 1 saturated carbocycles. The molecule has 0 spiro atoms. The van der Waals surface area contributed by atoms with Gasteiger partial charge in [0.2, 0.25) is 0 Å². The van der Waals surface area contributed by atoms with Gasteiger partial charge >= 0.3 is 0 Å². The van der Waals surface area contributed by atoms with E-state index in [0.717, 1.165) is 29.3 Å². The molecule has 3 nitrogen and oxygen atoms in total. The summed E-state index contributed by atoms with van der Waals surface area (Å²) >= 11 is 6.04. The Kier molecular flexibility index (Phi) is 2.03. The largest absolute Gasteiger partial charge is 0.390 e. The molecule has 84 valence electrons. The van der Waals surface area contributed by atoms with E-state index in [0.29, 0.717) is 11.6 Å². The Morgan fingerprint density at radius 3 is 2.94 bits per heavy atom. The van der Waals surface area contributed by atoms with Crippen LogP contribution in [0.1, 0.15) is 18.4 Å². The van der Waals surface area contributed by atoms with Crippen LogP contribution in [0.5, 0.6) is 0 Å². The first kappa shape index (κ1) is 10.1. The monoisotopic (exact) mass is 236 g/mol. The minimum Gasteiger partial charge on any atom is -0.390 e. The van der Waals surface area contributed by atoms with E-state index in [2.05, 4.69) is 5.10 Å². The Labute approximate surface area is 98.6 Å². The molecule has 0 unspecified atom stereocenters. The molecule has 1 aliphatic rings. The number of aryl methyl sites for hydroxylation is 1. The third-order valence-corrected chi connectivity index (χ3v) is 3.51. The van der Waals surface area contributed by atoms with Crippen LogP contribution >= 0.6 is 11.6 Å². The van der Waals surface area contributed by atoms with Gasteiger partial charge in [0.05, 0.1) is 11.1 Å². The Bertz CT molecular complexity index is 557. The van der Waals surface area contributed by atoms with Crippen LogP contribution in [0, 0.1) is 0 Å². The van der Waals surface area contributed by atoms with E-state index in [1.54, 1.807) is 4.68 Å². The average Bonchev–Trinajstić information content (AvgIpc) is 2.88. The van der Waals surface area contributed by atoms with Gasteiger partial charge in [-0.15, -0.1) is 0 Å². The molecule has 2 aromatic rings. The maximum atomic E-state index is 9.87. The fraction of sp³-hybridized carbons (Fsp3) is 0.417. The Balaban J connectivity index is 2.04. The fourth-order valence-electron chi connectivity index (χ4n) is 2.08. The number of halogens is 1. The smallest absolute Gasteiger partial charge is 0.158 e. The van der Waals surface area contributed by atoms with E-state index in [1.165, 1.54) is 0 Å². The van der Waals surface area contributed by atoms with Gasteiger partial charge < -0.3 is 5.11 Å². The van der Waals surface area contributed by atoms with Gasteiger partial charge in [-0.25, -0.2) is 0 Å². The number of aromatic nitrogens is 2. The normalized spacial score (nSPS) is 17.9. The maximum absolute atomic E-state index is 9.87. The second-order valence-electron chi connectivity index (χ2n) is 4.67. The molecule has 1 fully saturated rings. The number of hydrogen-bond acceptors (Lipinski definition) is 2. The van der Waals surface area contributed by atoms with Crippen LogP contribution in [-0.4, -0.2) is 20.5 Å². The molecule has 0 amide bonds. The van der Waals surface area contributed by atoms with Gasteiger partial charge in [-0.3, -0.25) is 4.68 Å². The lowest BCUT2D eigenvalue weighted by atomic mass is 10.1. The van der Waals surface area contributed by atoms with E-state index < -0.39 is 5.60 Å². The molecule has 1 N–H and O–H groups in total. The van der Waals surface area contributed by atoms with Crippen molar-refractivity contribution in [3.63, 3.8) is 0 Å². The molecule has 1 heterocycles. The Hall–Kier alpha value is -1.06. The van der Waals surface area contributed by atoms with E-state index in [9.17, 15) is 5.11 Å². The maximum Gasteiger partial charge on any atom is 0.158 e. The summed E-state index contributed by atoms with van der Waals surface area (Å²) in [6, 6.07) is 6.08. The minimum atomic E-state index is -0.456. The van der Waals surface area contributed by atoms with E-state index in [-0.39, 0.29) is 0 Å². The molecular formula is C12H13ClN2O. The summed E-state index contributed by atoms with van der Waals surface area (Å²) in [4.78, 5) is 0. The number of aliphatic hydroxyl groups is 1. The summed E-state index contributed by atoms with van der Waals surface area (Å²) in [7, 11) is 1.88. The lowest BCUT2D eigenvalue weighted by Gasteiger charge is -2.07. The molecule has 0 radical (unpaired) electrons. The molecule has 1 aliphatic carbocycles. The first-order valence-corrected chi connectivity index (χ1v) is 5.79. The van der Waals surface area contributed by atoms with Crippen molar-refractivity contribution < 1.29 is 5.11 Å². The number of benzene rings is 1. The summed E-state index contributed by atoms with van der Waals surface area (Å²) in [5.41, 5.74) is 1.70. The summed E-state index contributed by atoms with van der Waals surface area (Å²) in [6.07, 6.45) is 2.53. The van der Waals surface area contributed by atoms with Crippen molar-refractivity contribution in [3.8, 4) is 0 Å². The topological polar surface area (TPSA) is 38.0 Å². The van der Waals surface area contributed by atoms with Crippen molar-refractivity contribution in [2.45, 2.75) is 24.9 Å².